The molecule has 1 atom stereocenters. The highest BCUT2D eigenvalue weighted by atomic mass is 19.1. The van der Waals surface area contributed by atoms with Crippen molar-refractivity contribution in [3.05, 3.63) is 54.0 Å². The summed E-state index contributed by atoms with van der Waals surface area (Å²) in [6.45, 7) is 2.29. The van der Waals surface area contributed by atoms with Crippen molar-refractivity contribution in [2.75, 3.05) is 18.6 Å². The van der Waals surface area contributed by atoms with Crippen molar-refractivity contribution >= 4 is 22.5 Å². The lowest BCUT2D eigenvalue weighted by Crippen LogP contribution is -2.43. The van der Waals surface area contributed by atoms with Crippen molar-refractivity contribution in [1.82, 2.24) is 4.98 Å². The van der Waals surface area contributed by atoms with Gasteiger partial charge in [-0.15, -0.1) is 0 Å². The molecule has 0 spiro atoms. The van der Waals surface area contributed by atoms with Crippen LogP contribution in [0.2, 0.25) is 0 Å². The normalized spacial score (nSPS) is 16.3. The summed E-state index contributed by atoms with van der Waals surface area (Å²) in [5.41, 5.74) is 2.39. The van der Waals surface area contributed by atoms with Gasteiger partial charge in [0, 0.05) is 23.2 Å². The number of carbonyl (C=O) groups is 1. The fraction of sp³-hybridized carbons (Fsp3) is 0.250. The summed E-state index contributed by atoms with van der Waals surface area (Å²) in [4.78, 5) is 17.9. The molecule has 2 aromatic carbocycles. The van der Waals surface area contributed by atoms with E-state index in [0.29, 0.717) is 18.0 Å². The summed E-state index contributed by atoms with van der Waals surface area (Å²) in [6.07, 6.45) is 1.84. The van der Waals surface area contributed by atoms with Crippen LogP contribution in [0.5, 0.6) is 11.5 Å². The van der Waals surface area contributed by atoms with Gasteiger partial charge in [-0.2, -0.15) is 0 Å². The molecule has 0 bridgehead atoms. The van der Waals surface area contributed by atoms with Gasteiger partial charge >= 0.3 is 0 Å². The fourth-order valence-electron chi connectivity index (χ4n) is 3.44. The molecule has 5 nitrogen and oxygen atoms in total. The van der Waals surface area contributed by atoms with Gasteiger partial charge in [0.1, 0.15) is 23.4 Å². The van der Waals surface area contributed by atoms with E-state index in [2.05, 4.69) is 4.98 Å². The second-order valence-electron chi connectivity index (χ2n) is 6.42. The molecular weight excluding hydrogens is 335 g/mol. The van der Waals surface area contributed by atoms with E-state index in [1.54, 1.807) is 18.1 Å². The smallest absolute Gasteiger partial charge is 0.231 e. The monoisotopic (exact) mass is 354 g/mol. The van der Waals surface area contributed by atoms with Crippen LogP contribution in [0, 0.1) is 5.82 Å². The molecule has 1 aliphatic rings. The number of anilines is 1. The number of aromatic amines is 1. The summed E-state index contributed by atoms with van der Waals surface area (Å²) in [5.74, 6) is 0.671. The Balaban J connectivity index is 1.68. The number of amides is 1. The zero-order valence-electron chi connectivity index (χ0n) is 14.6. The molecule has 0 aliphatic carbocycles. The third kappa shape index (κ3) is 2.77. The number of hydrogen-bond acceptors (Lipinski definition) is 3. The standard InChI is InChI=1S/C20H19FN2O3/c1-12-11-23(16-7-6-14(21)9-18(16)26-12)19(24)8-13-10-22-15-4-3-5-17(25-2)20(13)15/h3-7,9-10,12,22H,8,11H2,1-2H3. The molecule has 0 saturated carbocycles. The number of carbonyl (C=O) groups excluding carboxylic acids is 1. The van der Waals surface area contributed by atoms with Crippen LogP contribution in [0.4, 0.5) is 10.1 Å². The maximum Gasteiger partial charge on any atom is 0.231 e. The number of ether oxygens (including phenoxy) is 2. The van der Waals surface area contributed by atoms with Crippen molar-refractivity contribution in [2.45, 2.75) is 19.4 Å². The number of benzene rings is 2. The van der Waals surface area contributed by atoms with E-state index in [9.17, 15) is 9.18 Å². The molecule has 0 saturated heterocycles. The molecule has 0 radical (unpaired) electrons. The van der Waals surface area contributed by atoms with Gasteiger partial charge in [-0.1, -0.05) is 6.07 Å². The minimum atomic E-state index is -0.383. The largest absolute Gasteiger partial charge is 0.496 e. The van der Waals surface area contributed by atoms with Crippen LogP contribution in [0.25, 0.3) is 10.9 Å². The third-order valence-electron chi connectivity index (χ3n) is 4.59. The number of aromatic nitrogens is 1. The van der Waals surface area contributed by atoms with E-state index in [-0.39, 0.29) is 24.2 Å². The molecule has 1 aromatic heterocycles. The Kier molecular flexibility index (Phi) is 4.03. The number of rotatable bonds is 3. The second kappa shape index (κ2) is 6.37. The van der Waals surface area contributed by atoms with Gasteiger partial charge in [-0.3, -0.25) is 4.79 Å². The van der Waals surface area contributed by atoms with Crippen molar-refractivity contribution in [2.24, 2.45) is 0 Å². The highest BCUT2D eigenvalue weighted by Gasteiger charge is 2.28. The van der Waals surface area contributed by atoms with E-state index >= 15 is 0 Å². The Hall–Kier alpha value is -3.02. The third-order valence-corrected chi connectivity index (χ3v) is 4.59. The highest BCUT2D eigenvalue weighted by molar-refractivity contribution is 6.00. The molecule has 26 heavy (non-hydrogen) atoms. The molecule has 2 heterocycles. The second-order valence-corrected chi connectivity index (χ2v) is 6.42. The molecule has 134 valence electrons. The van der Waals surface area contributed by atoms with E-state index in [1.807, 2.05) is 31.3 Å². The van der Waals surface area contributed by atoms with Crippen LogP contribution in [0.3, 0.4) is 0 Å². The molecule has 4 rings (SSSR count). The van der Waals surface area contributed by atoms with E-state index in [4.69, 9.17) is 9.47 Å². The zero-order chi connectivity index (χ0) is 18.3. The number of halogens is 1. The topological polar surface area (TPSA) is 54.6 Å². The zero-order valence-corrected chi connectivity index (χ0v) is 14.6. The van der Waals surface area contributed by atoms with Crippen LogP contribution < -0.4 is 14.4 Å². The summed E-state index contributed by atoms with van der Waals surface area (Å²) in [6, 6.07) is 9.97. The average Bonchev–Trinajstić information content (AvgIpc) is 3.03. The molecule has 1 N–H and O–H groups in total. The van der Waals surface area contributed by atoms with Gasteiger partial charge in [0.05, 0.1) is 25.8 Å². The van der Waals surface area contributed by atoms with Crippen molar-refractivity contribution in [3.8, 4) is 11.5 Å². The number of H-pyrrole nitrogens is 1. The Morgan fingerprint density at radius 2 is 2.23 bits per heavy atom. The molecule has 3 aromatic rings. The Labute approximate surface area is 150 Å². The highest BCUT2D eigenvalue weighted by Crippen LogP contribution is 2.35. The van der Waals surface area contributed by atoms with Crippen LogP contribution in [-0.2, 0) is 11.2 Å². The number of nitrogens with one attached hydrogen (secondary N) is 1. The number of nitrogens with zero attached hydrogens (tertiary/aromatic N) is 1. The first kappa shape index (κ1) is 16.4. The van der Waals surface area contributed by atoms with Gasteiger partial charge in [-0.05, 0) is 36.8 Å². The Morgan fingerprint density at radius 3 is 3.04 bits per heavy atom. The van der Waals surface area contributed by atoms with E-state index < -0.39 is 0 Å². The van der Waals surface area contributed by atoms with Crippen molar-refractivity contribution < 1.29 is 18.7 Å². The summed E-state index contributed by atoms with van der Waals surface area (Å²) >= 11 is 0. The molecular formula is C20H19FN2O3. The fourth-order valence-corrected chi connectivity index (χ4v) is 3.44. The van der Waals surface area contributed by atoms with Crippen LogP contribution in [0.1, 0.15) is 12.5 Å². The van der Waals surface area contributed by atoms with E-state index in [0.717, 1.165) is 22.2 Å². The van der Waals surface area contributed by atoms with Crippen molar-refractivity contribution in [3.63, 3.8) is 0 Å². The van der Waals surface area contributed by atoms with Crippen LogP contribution in [-0.4, -0.2) is 30.6 Å². The van der Waals surface area contributed by atoms with Crippen LogP contribution in [0.15, 0.2) is 42.6 Å². The molecule has 1 aliphatic heterocycles. The molecule has 1 amide bonds. The van der Waals surface area contributed by atoms with E-state index in [1.165, 1.54) is 12.1 Å². The predicted molar refractivity (Wildman–Crippen MR) is 97.4 cm³/mol. The lowest BCUT2D eigenvalue weighted by Gasteiger charge is -2.33. The Bertz CT molecular complexity index is 982. The lowest BCUT2D eigenvalue weighted by atomic mass is 10.1. The first-order valence-corrected chi connectivity index (χ1v) is 8.46. The van der Waals surface area contributed by atoms with Gasteiger partial charge < -0.3 is 19.4 Å². The average molecular weight is 354 g/mol. The maximum absolute atomic E-state index is 13.5. The maximum atomic E-state index is 13.5. The molecule has 6 heteroatoms. The van der Waals surface area contributed by atoms with Gasteiger partial charge in [0.2, 0.25) is 5.91 Å². The minimum absolute atomic E-state index is 0.0696. The predicted octanol–water partition coefficient (Wildman–Crippen LogP) is 3.67. The number of hydrogen-bond donors (Lipinski definition) is 1. The lowest BCUT2D eigenvalue weighted by molar-refractivity contribution is -0.118. The first-order chi connectivity index (χ1) is 12.6. The van der Waals surface area contributed by atoms with Crippen molar-refractivity contribution in [1.29, 1.82) is 0 Å². The summed E-state index contributed by atoms with van der Waals surface area (Å²) in [7, 11) is 1.61. The van der Waals surface area contributed by atoms with Gasteiger partial charge in [0.15, 0.2) is 0 Å². The SMILES string of the molecule is COc1cccc2[nH]cc(CC(=O)N3CC(C)Oc4cc(F)ccc43)c12. The molecule has 1 unspecified atom stereocenters. The van der Waals surface area contributed by atoms with Gasteiger partial charge in [0.25, 0.3) is 0 Å². The molecule has 0 fully saturated rings. The quantitative estimate of drug-likeness (QED) is 0.781. The van der Waals surface area contributed by atoms with Crippen LogP contribution >= 0.6 is 0 Å². The summed E-state index contributed by atoms with van der Waals surface area (Å²) < 4.78 is 24.6. The first-order valence-electron chi connectivity index (χ1n) is 8.46. The number of fused-ring (bicyclic) bond motifs is 2. The summed E-state index contributed by atoms with van der Waals surface area (Å²) in [5, 5.41) is 0.906. The minimum Gasteiger partial charge on any atom is -0.496 e. The van der Waals surface area contributed by atoms with Gasteiger partial charge in [-0.25, -0.2) is 4.39 Å². The Morgan fingerprint density at radius 1 is 1.38 bits per heavy atom. The number of methoxy groups -OCH3 is 1.